The number of rotatable bonds is 0. The molecular formula is C5H11N2. The average molecular weight is 99.2 g/mol. The first-order valence-electron chi connectivity index (χ1n) is 2.71. The SMILES string of the molecule is CC1CCN(C)[N]1. The summed E-state index contributed by atoms with van der Waals surface area (Å²) in [6, 6.07) is 0.574. The van der Waals surface area contributed by atoms with Gasteiger partial charge in [-0.05, 0) is 13.3 Å². The standard InChI is InChI=1S/C5H11N2/c1-5-3-4-7(2)6-5/h5H,3-4H2,1-2H3. The van der Waals surface area contributed by atoms with Gasteiger partial charge < -0.3 is 0 Å². The highest BCUT2D eigenvalue weighted by atomic mass is 15.5. The summed E-state index contributed by atoms with van der Waals surface area (Å²) >= 11 is 0. The molecule has 1 heterocycles. The summed E-state index contributed by atoms with van der Waals surface area (Å²) in [5, 5.41) is 2.00. The molecule has 0 aromatic carbocycles. The summed E-state index contributed by atoms with van der Waals surface area (Å²) in [5.41, 5.74) is 4.22. The van der Waals surface area contributed by atoms with E-state index in [4.69, 9.17) is 0 Å². The van der Waals surface area contributed by atoms with Crippen LogP contribution >= 0.6 is 0 Å². The summed E-state index contributed by atoms with van der Waals surface area (Å²) in [5.74, 6) is 0. The molecule has 0 aromatic rings. The van der Waals surface area contributed by atoms with Crippen LogP contribution in [-0.4, -0.2) is 24.6 Å². The molecule has 2 heteroatoms. The van der Waals surface area contributed by atoms with Gasteiger partial charge >= 0.3 is 0 Å². The van der Waals surface area contributed by atoms with Gasteiger partial charge in [0.1, 0.15) is 0 Å². The Kier molecular flexibility index (Phi) is 1.30. The molecule has 1 aliphatic rings. The molecule has 0 bridgehead atoms. The Morgan fingerprint density at radius 1 is 1.71 bits per heavy atom. The Morgan fingerprint density at radius 3 is 2.57 bits per heavy atom. The van der Waals surface area contributed by atoms with Gasteiger partial charge in [-0.3, -0.25) is 0 Å². The van der Waals surface area contributed by atoms with Gasteiger partial charge in [-0.15, -0.1) is 0 Å². The van der Waals surface area contributed by atoms with Gasteiger partial charge in [0, 0.05) is 19.6 Å². The molecule has 0 aromatic heterocycles. The first kappa shape index (κ1) is 5.06. The lowest BCUT2D eigenvalue weighted by Crippen LogP contribution is -2.22. The Bertz CT molecular complexity index is 55.1. The van der Waals surface area contributed by atoms with Crippen molar-refractivity contribution in [3.63, 3.8) is 0 Å². The fraction of sp³-hybridized carbons (Fsp3) is 1.00. The Balaban J connectivity index is 2.26. The summed E-state index contributed by atoms with van der Waals surface area (Å²) in [4.78, 5) is 0. The number of nitrogens with zero attached hydrogens (tertiary/aromatic N) is 2. The fourth-order valence-electron chi connectivity index (χ4n) is 0.826. The number of hydrogen-bond acceptors (Lipinski definition) is 1. The van der Waals surface area contributed by atoms with Crippen molar-refractivity contribution >= 4 is 0 Å². The van der Waals surface area contributed by atoms with Crippen LogP contribution in [0.5, 0.6) is 0 Å². The second kappa shape index (κ2) is 1.80. The van der Waals surface area contributed by atoms with Crippen LogP contribution in [0.25, 0.3) is 0 Å². The second-order valence-electron chi connectivity index (χ2n) is 2.13. The highest BCUT2D eigenvalue weighted by Gasteiger charge is 2.14. The quantitative estimate of drug-likeness (QED) is 0.425. The molecule has 1 rings (SSSR count). The lowest BCUT2D eigenvalue weighted by molar-refractivity contribution is 0.286. The molecule has 41 valence electrons. The van der Waals surface area contributed by atoms with Gasteiger partial charge in [0.05, 0.1) is 0 Å². The van der Waals surface area contributed by atoms with Crippen LogP contribution in [0, 0.1) is 0 Å². The molecule has 1 atom stereocenters. The molecule has 0 amide bonds. The van der Waals surface area contributed by atoms with Crippen LogP contribution in [0.4, 0.5) is 0 Å². The van der Waals surface area contributed by atoms with E-state index in [9.17, 15) is 0 Å². The third-order valence-corrected chi connectivity index (χ3v) is 1.26. The smallest absolute Gasteiger partial charge is 0.0403 e. The van der Waals surface area contributed by atoms with E-state index in [1.54, 1.807) is 0 Å². The molecule has 0 saturated carbocycles. The van der Waals surface area contributed by atoms with Crippen molar-refractivity contribution in [3.05, 3.63) is 0 Å². The van der Waals surface area contributed by atoms with E-state index in [2.05, 4.69) is 12.3 Å². The van der Waals surface area contributed by atoms with Crippen molar-refractivity contribution < 1.29 is 0 Å². The first-order chi connectivity index (χ1) is 3.29. The topological polar surface area (TPSA) is 17.3 Å². The predicted molar refractivity (Wildman–Crippen MR) is 28.8 cm³/mol. The van der Waals surface area contributed by atoms with Gasteiger partial charge in [0.15, 0.2) is 0 Å². The molecule has 7 heavy (non-hydrogen) atoms. The van der Waals surface area contributed by atoms with E-state index in [1.165, 1.54) is 6.42 Å². The van der Waals surface area contributed by atoms with Crippen LogP contribution < -0.4 is 5.43 Å². The Morgan fingerprint density at radius 2 is 2.43 bits per heavy atom. The third kappa shape index (κ3) is 1.14. The van der Waals surface area contributed by atoms with Gasteiger partial charge in [0.2, 0.25) is 0 Å². The third-order valence-electron chi connectivity index (χ3n) is 1.26. The minimum atomic E-state index is 0.574. The van der Waals surface area contributed by atoms with Crippen molar-refractivity contribution in [1.82, 2.24) is 10.4 Å². The summed E-state index contributed by atoms with van der Waals surface area (Å²) in [6.45, 7) is 3.28. The molecule has 1 saturated heterocycles. The van der Waals surface area contributed by atoms with Crippen molar-refractivity contribution in [2.45, 2.75) is 19.4 Å². The summed E-state index contributed by atoms with van der Waals surface area (Å²) in [7, 11) is 2.02. The zero-order valence-corrected chi connectivity index (χ0v) is 4.89. The second-order valence-corrected chi connectivity index (χ2v) is 2.13. The molecule has 0 spiro atoms. The van der Waals surface area contributed by atoms with Crippen molar-refractivity contribution in [3.8, 4) is 0 Å². The van der Waals surface area contributed by atoms with Crippen molar-refractivity contribution in [1.29, 1.82) is 0 Å². The molecule has 2 nitrogen and oxygen atoms in total. The Labute approximate surface area is 44.5 Å². The normalized spacial score (nSPS) is 34.3. The highest BCUT2D eigenvalue weighted by Crippen LogP contribution is 2.02. The van der Waals surface area contributed by atoms with Crippen LogP contribution in [0.15, 0.2) is 0 Å². The van der Waals surface area contributed by atoms with Crippen LogP contribution in [0.3, 0.4) is 0 Å². The molecule has 1 radical (unpaired) electrons. The number of hydrogen-bond donors (Lipinski definition) is 0. The van der Waals surface area contributed by atoms with Crippen molar-refractivity contribution in [2.75, 3.05) is 13.6 Å². The molecule has 1 fully saturated rings. The minimum Gasteiger partial charge on any atom is -0.230 e. The van der Waals surface area contributed by atoms with Gasteiger partial charge in [-0.25, -0.2) is 5.01 Å². The molecule has 1 unspecified atom stereocenters. The predicted octanol–water partition coefficient (Wildman–Crippen LogP) is 0.230. The lowest BCUT2D eigenvalue weighted by atomic mass is 10.3. The maximum Gasteiger partial charge on any atom is 0.0403 e. The first-order valence-corrected chi connectivity index (χ1v) is 2.71. The zero-order chi connectivity index (χ0) is 5.28. The largest absolute Gasteiger partial charge is 0.230 e. The molecular weight excluding hydrogens is 88.1 g/mol. The van der Waals surface area contributed by atoms with E-state index in [1.807, 2.05) is 12.1 Å². The van der Waals surface area contributed by atoms with Gasteiger partial charge in [-0.2, -0.15) is 5.43 Å². The average Bonchev–Trinajstić information content (AvgIpc) is 1.87. The summed E-state index contributed by atoms with van der Waals surface area (Å²) in [6.07, 6.45) is 1.23. The minimum absolute atomic E-state index is 0.574. The van der Waals surface area contributed by atoms with Crippen LogP contribution in [0.2, 0.25) is 0 Å². The van der Waals surface area contributed by atoms with E-state index in [0.29, 0.717) is 6.04 Å². The van der Waals surface area contributed by atoms with Crippen LogP contribution in [0.1, 0.15) is 13.3 Å². The van der Waals surface area contributed by atoms with E-state index in [0.717, 1.165) is 6.54 Å². The maximum atomic E-state index is 4.22. The fourth-order valence-corrected chi connectivity index (χ4v) is 0.826. The zero-order valence-electron chi connectivity index (χ0n) is 4.89. The van der Waals surface area contributed by atoms with E-state index in [-0.39, 0.29) is 0 Å². The monoisotopic (exact) mass is 99.1 g/mol. The Hall–Kier alpha value is -0.0800. The van der Waals surface area contributed by atoms with Crippen molar-refractivity contribution in [2.24, 2.45) is 0 Å². The molecule has 0 N–H and O–H groups in total. The molecule has 1 aliphatic heterocycles. The van der Waals surface area contributed by atoms with Gasteiger partial charge in [0.25, 0.3) is 0 Å². The summed E-state index contributed by atoms with van der Waals surface area (Å²) < 4.78 is 0. The maximum absolute atomic E-state index is 4.22. The highest BCUT2D eigenvalue weighted by molar-refractivity contribution is 4.65. The van der Waals surface area contributed by atoms with Crippen LogP contribution in [-0.2, 0) is 0 Å². The molecule has 0 aliphatic carbocycles. The van der Waals surface area contributed by atoms with E-state index >= 15 is 0 Å². The van der Waals surface area contributed by atoms with Gasteiger partial charge in [-0.1, -0.05) is 0 Å². The van der Waals surface area contributed by atoms with E-state index < -0.39 is 0 Å². The lowest BCUT2D eigenvalue weighted by Gasteiger charge is -2.03.